The van der Waals surface area contributed by atoms with Crippen molar-refractivity contribution in [1.82, 2.24) is 14.8 Å². The molecule has 1 amide bonds. The third-order valence-corrected chi connectivity index (χ3v) is 6.72. The zero-order chi connectivity index (χ0) is 21.4. The third kappa shape index (κ3) is 4.15. The van der Waals surface area contributed by atoms with Gasteiger partial charge in [0.25, 0.3) is 5.91 Å². The van der Waals surface area contributed by atoms with Crippen LogP contribution in [0.3, 0.4) is 0 Å². The van der Waals surface area contributed by atoms with Gasteiger partial charge in [-0.15, -0.1) is 0 Å². The van der Waals surface area contributed by atoms with E-state index in [4.69, 9.17) is 0 Å². The Hall–Kier alpha value is -2.92. The van der Waals surface area contributed by atoms with Crippen molar-refractivity contribution in [1.29, 1.82) is 0 Å². The molecule has 1 N–H and O–H groups in total. The van der Waals surface area contributed by atoms with Crippen LogP contribution in [-0.4, -0.2) is 52.2 Å². The first-order valence-electron chi connectivity index (χ1n) is 11.4. The van der Waals surface area contributed by atoms with Gasteiger partial charge in [0.1, 0.15) is 5.69 Å². The zero-order valence-corrected chi connectivity index (χ0v) is 18.0. The molecule has 2 aromatic carbocycles. The highest BCUT2D eigenvalue weighted by molar-refractivity contribution is 6.01. The van der Waals surface area contributed by atoms with E-state index in [-0.39, 0.29) is 17.7 Å². The number of ketones is 1. The monoisotopic (exact) mass is 415 g/mol. The van der Waals surface area contributed by atoms with Crippen LogP contribution in [0.15, 0.2) is 54.7 Å². The van der Waals surface area contributed by atoms with Gasteiger partial charge in [-0.25, -0.2) is 0 Å². The van der Waals surface area contributed by atoms with Crippen molar-refractivity contribution in [3.05, 3.63) is 71.5 Å². The second-order valence-corrected chi connectivity index (χ2v) is 8.91. The van der Waals surface area contributed by atoms with Crippen LogP contribution in [0.4, 0.5) is 0 Å². The van der Waals surface area contributed by atoms with E-state index in [1.807, 2.05) is 4.90 Å². The van der Waals surface area contributed by atoms with Gasteiger partial charge in [-0.1, -0.05) is 36.4 Å². The largest absolute Gasteiger partial charge is 0.356 e. The second-order valence-electron chi connectivity index (χ2n) is 8.91. The Morgan fingerprint density at radius 2 is 1.81 bits per heavy atom. The Labute approximate surface area is 183 Å². The predicted molar refractivity (Wildman–Crippen MR) is 122 cm³/mol. The summed E-state index contributed by atoms with van der Waals surface area (Å²) in [6.07, 6.45) is 6.08. The average molecular weight is 416 g/mol. The molecule has 1 saturated heterocycles. The van der Waals surface area contributed by atoms with E-state index in [1.165, 1.54) is 16.3 Å². The van der Waals surface area contributed by atoms with Gasteiger partial charge >= 0.3 is 0 Å². The summed E-state index contributed by atoms with van der Waals surface area (Å²) in [4.78, 5) is 32.9. The number of aromatic nitrogens is 1. The van der Waals surface area contributed by atoms with Crippen LogP contribution >= 0.6 is 0 Å². The topological polar surface area (TPSA) is 56.4 Å². The molecule has 1 aromatic heterocycles. The summed E-state index contributed by atoms with van der Waals surface area (Å²) in [5.74, 6) is 0.0661. The lowest BCUT2D eigenvalue weighted by molar-refractivity contribution is 0.0787. The molecule has 1 unspecified atom stereocenters. The second kappa shape index (κ2) is 8.31. The molecule has 1 saturated carbocycles. The number of nitrogens with one attached hydrogen (secondary N) is 1. The van der Waals surface area contributed by atoms with Crippen LogP contribution in [0.25, 0.3) is 10.8 Å². The first-order valence-corrected chi connectivity index (χ1v) is 11.4. The predicted octanol–water partition coefficient (Wildman–Crippen LogP) is 4.81. The number of nitrogens with zero attached hydrogens (tertiary/aromatic N) is 2. The maximum Gasteiger partial charge on any atom is 0.270 e. The van der Waals surface area contributed by atoms with Crippen LogP contribution < -0.4 is 0 Å². The summed E-state index contributed by atoms with van der Waals surface area (Å²) < 4.78 is 0. The van der Waals surface area contributed by atoms with Crippen LogP contribution in [-0.2, 0) is 0 Å². The molecule has 5 nitrogen and oxygen atoms in total. The van der Waals surface area contributed by atoms with Crippen molar-refractivity contribution in [3.63, 3.8) is 0 Å². The zero-order valence-electron chi connectivity index (χ0n) is 18.0. The summed E-state index contributed by atoms with van der Waals surface area (Å²) >= 11 is 0. The fraction of sp³-hybridized carbons (Fsp3) is 0.385. The highest BCUT2D eigenvalue weighted by atomic mass is 16.2. The van der Waals surface area contributed by atoms with Crippen molar-refractivity contribution >= 4 is 22.5 Å². The number of hydrogen-bond donors (Lipinski definition) is 1. The van der Waals surface area contributed by atoms with Gasteiger partial charge in [0.15, 0.2) is 5.78 Å². The number of carbonyl (C=O) groups is 2. The van der Waals surface area contributed by atoms with E-state index >= 15 is 0 Å². The molecule has 2 aliphatic rings. The van der Waals surface area contributed by atoms with Crippen molar-refractivity contribution < 1.29 is 9.59 Å². The lowest BCUT2D eigenvalue weighted by Crippen LogP contribution is -2.34. The molecular weight excluding hydrogens is 386 g/mol. The van der Waals surface area contributed by atoms with E-state index in [2.05, 4.69) is 59.3 Å². The fourth-order valence-corrected chi connectivity index (χ4v) is 4.67. The van der Waals surface area contributed by atoms with E-state index in [0.29, 0.717) is 23.8 Å². The molecule has 5 rings (SSSR count). The van der Waals surface area contributed by atoms with E-state index < -0.39 is 0 Å². The summed E-state index contributed by atoms with van der Waals surface area (Å²) in [6.45, 7) is 4.17. The quantitative estimate of drug-likeness (QED) is 0.563. The molecule has 160 valence electrons. The lowest BCUT2D eigenvalue weighted by atomic mass is 10.0. The molecule has 0 radical (unpaired) electrons. The minimum Gasteiger partial charge on any atom is -0.356 e. The maximum absolute atomic E-state index is 13.1. The summed E-state index contributed by atoms with van der Waals surface area (Å²) in [5.41, 5.74) is 2.35. The lowest BCUT2D eigenvalue weighted by Gasteiger charge is -2.29. The van der Waals surface area contributed by atoms with E-state index in [9.17, 15) is 9.59 Å². The van der Waals surface area contributed by atoms with Crippen molar-refractivity contribution in [2.75, 3.05) is 19.6 Å². The Morgan fingerprint density at radius 1 is 1.06 bits per heavy atom. The number of benzene rings is 2. The highest BCUT2D eigenvalue weighted by Crippen LogP contribution is 2.35. The normalized spacial score (nSPS) is 17.4. The van der Waals surface area contributed by atoms with Gasteiger partial charge in [0, 0.05) is 36.9 Å². The molecule has 1 aliphatic heterocycles. The van der Waals surface area contributed by atoms with Gasteiger partial charge < -0.3 is 9.88 Å². The minimum absolute atomic E-state index is 0.000121. The summed E-state index contributed by atoms with van der Waals surface area (Å²) in [6, 6.07) is 17.3. The molecule has 1 aliphatic carbocycles. The number of H-pyrrole nitrogens is 1. The van der Waals surface area contributed by atoms with Crippen LogP contribution in [0.5, 0.6) is 0 Å². The first kappa shape index (κ1) is 20.0. The van der Waals surface area contributed by atoms with Crippen LogP contribution in [0, 0.1) is 0 Å². The highest BCUT2D eigenvalue weighted by Gasteiger charge is 2.34. The number of amides is 1. The Kier molecular flexibility index (Phi) is 5.36. The molecule has 2 heterocycles. The van der Waals surface area contributed by atoms with Gasteiger partial charge in [-0.05, 0) is 61.1 Å². The maximum atomic E-state index is 13.1. The van der Waals surface area contributed by atoms with Crippen LogP contribution in [0.2, 0.25) is 0 Å². The molecule has 2 fully saturated rings. The standard InChI is InChI=1S/C26H29N3O2/c1-18(20-9-8-19-6-2-3-7-21(19)14-20)29(23-10-11-23)17-25(30)22-15-24(27-16-22)26(31)28-12-4-5-13-28/h2-3,6-9,14-16,18,23,27H,4-5,10-13,17H2,1H3. The van der Waals surface area contributed by atoms with E-state index in [0.717, 1.165) is 38.8 Å². The third-order valence-electron chi connectivity index (χ3n) is 6.72. The SMILES string of the molecule is CC(c1ccc2ccccc2c1)N(CC(=O)c1c[nH]c(C(=O)N2CCCC2)c1)C1CC1. The van der Waals surface area contributed by atoms with Gasteiger partial charge in [-0.3, -0.25) is 14.5 Å². The molecule has 31 heavy (non-hydrogen) atoms. The molecule has 3 aromatic rings. The molecule has 1 atom stereocenters. The number of aromatic amines is 1. The van der Waals surface area contributed by atoms with Crippen molar-refractivity contribution in [2.24, 2.45) is 0 Å². The summed E-state index contributed by atoms with van der Waals surface area (Å²) in [7, 11) is 0. The molecular formula is C26H29N3O2. The smallest absolute Gasteiger partial charge is 0.270 e. The van der Waals surface area contributed by atoms with Gasteiger partial charge in [-0.2, -0.15) is 0 Å². The Morgan fingerprint density at radius 3 is 2.55 bits per heavy atom. The number of rotatable bonds is 7. The van der Waals surface area contributed by atoms with Crippen molar-refractivity contribution in [2.45, 2.75) is 44.7 Å². The molecule has 0 bridgehead atoms. The van der Waals surface area contributed by atoms with Crippen LogP contribution in [0.1, 0.15) is 65.1 Å². The Balaban J connectivity index is 1.32. The van der Waals surface area contributed by atoms with E-state index in [1.54, 1.807) is 12.3 Å². The number of fused-ring (bicyclic) bond motifs is 1. The first-order chi connectivity index (χ1) is 15.1. The summed E-state index contributed by atoms with van der Waals surface area (Å²) in [5, 5.41) is 2.46. The molecule has 5 heteroatoms. The number of Topliss-reactive ketones (excluding diaryl/α,β-unsaturated/α-hetero) is 1. The number of likely N-dealkylation sites (tertiary alicyclic amines) is 1. The average Bonchev–Trinajstić information content (AvgIpc) is 3.28. The van der Waals surface area contributed by atoms with Gasteiger partial charge in [0.2, 0.25) is 0 Å². The minimum atomic E-state index is 0.000121. The molecule has 0 spiro atoms. The van der Waals surface area contributed by atoms with Crippen molar-refractivity contribution in [3.8, 4) is 0 Å². The Bertz CT molecular complexity index is 1110. The fourth-order valence-electron chi connectivity index (χ4n) is 4.67. The van der Waals surface area contributed by atoms with Gasteiger partial charge in [0.05, 0.1) is 6.54 Å². The number of carbonyl (C=O) groups excluding carboxylic acids is 2. The number of hydrogen-bond acceptors (Lipinski definition) is 3.